The molecule has 2 aromatic rings. The number of carbonyl (C=O) groups is 2. The van der Waals surface area contributed by atoms with E-state index >= 15 is 0 Å². The predicted molar refractivity (Wildman–Crippen MR) is 103 cm³/mol. The fraction of sp³-hybridized carbons (Fsp3) is 0.238. The van der Waals surface area contributed by atoms with Crippen molar-refractivity contribution in [1.29, 1.82) is 0 Å². The number of aliphatic hydroxyl groups is 1. The van der Waals surface area contributed by atoms with Crippen molar-refractivity contribution < 1.29 is 19.4 Å². The van der Waals surface area contributed by atoms with Crippen molar-refractivity contribution in [2.24, 2.45) is 0 Å². The van der Waals surface area contributed by atoms with Gasteiger partial charge in [0.25, 0.3) is 0 Å². The van der Waals surface area contributed by atoms with E-state index in [1.165, 1.54) is 14.9 Å². The average molecular weight is 379 g/mol. The molecule has 0 spiro atoms. The smallest absolute Gasteiger partial charge is 0.429 e. The summed E-state index contributed by atoms with van der Waals surface area (Å²) in [4.78, 5) is 27.2. The van der Waals surface area contributed by atoms with Crippen LogP contribution in [0.1, 0.15) is 12.5 Å². The standard InChI is InChI=1S/C21H21N3O4/c1-15-12-13-18-19(25)22(17-10-6-3-7-11-17)20(26)24(18)23(15)21(27)28-14-16-8-4-2-5-9-16/h2-13,15,18-19,25H,14H2,1H3. The molecule has 3 amide bonds. The number of hydrogen-bond donors (Lipinski definition) is 1. The van der Waals surface area contributed by atoms with E-state index in [1.807, 2.05) is 36.4 Å². The van der Waals surface area contributed by atoms with Crippen LogP contribution in [0.3, 0.4) is 0 Å². The van der Waals surface area contributed by atoms with Gasteiger partial charge >= 0.3 is 12.1 Å². The molecule has 3 unspecified atom stereocenters. The monoisotopic (exact) mass is 379 g/mol. The first-order valence-electron chi connectivity index (χ1n) is 9.11. The van der Waals surface area contributed by atoms with Crippen LogP contribution in [-0.2, 0) is 11.3 Å². The third-order valence-corrected chi connectivity index (χ3v) is 4.89. The van der Waals surface area contributed by atoms with E-state index in [1.54, 1.807) is 43.3 Å². The van der Waals surface area contributed by atoms with Crippen LogP contribution < -0.4 is 4.90 Å². The van der Waals surface area contributed by atoms with E-state index in [-0.39, 0.29) is 12.6 Å². The van der Waals surface area contributed by atoms with Crippen molar-refractivity contribution in [2.75, 3.05) is 4.90 Å². The molecule has 7 nitrogen and oxygen atoms in total. The van der Waals surface area contributed by atoms with Gasteiger partial charge in [0.05, 0.1) is 6.04 Å². The van der Waals surface area contributed by atoms with Crippen LogP contribution in [-0.4, -0.2) is 45.6 Å². The number of amides is 3. The molecule has 2 heterocycles. The topological polar surface area (TPSA) is 73.3 Å². The molecule has 3 atom stereocenters. The van der Waals surface area contributed by atoms with Crippen LogP contribution in [0.2, 0.25) is 0 Å². The van der Waals surface area contributed by atoms with Gasteiger partial charge in [0.1, 0.15) is 12.6 Å². The second-order valence-corrected chi connectivity index (χ2v) is 6.75. The number of anilines is 1. The van der Waals surface area contributed by atoms with Gasteiger partial charge in [0.2, 0.25) is 0 Å². The highest BCUT2D eigenvalue weighted by molar-refractivity contribution is 5.96. The number of hydrazine groups is 1. The van der Waals surface area contributed by atoms with Crippen LogP contribution in [0.15, 0.2) is 72.8 Å². The number of ether oxygens (including phenoxy) is 1. The number of para-hydroxylation sites is 1. The second-order valence-electron chi connectivity index (χ2n) is 6.75. The first-order chi connectivity index (χ1) is 13.6. The number of rotatable bonds is 3. The number of urea groups is 1. The summed E-state index contributed by atoms with van der Waals surface area (Å²) in [5.41, 5.74) is 1.42. The second kappa shape index (κ2) is 7.36. The Morgan fingerprint density at radius 2 is 1.68 bits per heavy atom. The third kappa shape index (κ3) is 3.10. The molecule has 28 heavy (non-hydrogen) atoms. The average Bonchev–Trinajstić information content (AvgIpc) is 2.97. The molecule has 0 aromatic heterocycles. The summed E-state index contributed by atoms with van der Waals surface area (Å²) in [6.07, 6.45) is 1.79. The van der Waals surface area contributed by atoms with Crippen molar-refractivity contribution in [3.63, 3.8) is 0 Å². The van der Waals surface area contributed by atoms with Crippen LogP contribution in [0.25, 0.3) is 0 Å². The van der Waals surface area contributed by atoms with Gasteiger partial charge in [-0.1, -0.05) is 60.7 Å². The molecule has 1 N–H and O–H groups in total. The molecular weight excluding hydrogens is 358 g/mol. The maximum absolute atomic E-state index is 13.1. The number of carbonyl (C=O) groups excluding carboxylic acids is 2. The third-order valence-electron chi connectivity index (χ3n) is 4.89. The summed E-state index contributed by atoms with van der Waals surface area (Å²) in [5.74, 6) is 0. The summed E-state index contributed by atoms with van der Waals surface area (Å²) >= 11 is 0. The number of nitrogens with zero attached hydrogens (tertiary/aromatic N) is 3. The van der Waals surface area contributed by atoms with Crippen molar-refractivity contribution in [1.82, 2.24) is 10.0 Å². The Kier molecular flexibility index (Phi) is 4.75. The van der Waals surface area contributed by atoms with Gasteiger partial charge in [-0.25, -0.2) is 19.6 Å². The molecule has 1 saturated heterocycles. The van der Waals surface area contributed by atoms with Crippen molar-refractivity contribution in [3.05, 3.63) is 78.4 Å². The van der Waals surface area contributed by atoms with E-state index in [0.29, 0.717) is 5.69 Å². The van der Waals surface area contributed by atoms with E-state index in [4.69, 9.17) is 4.74 Å². The fourth-order valence-corrected chi connectivity index (χ4v) is 3.49. The van der Waals surface area contributed by atoms with Gasteiger partial charge in [-0.15, -0.1) is 0 Å². The normalized spacial score (nSPS) is 23.7. The zero-order valence-corrected chi connectivity index (χ0v) is 15.4. The minimum absolute atomic E-state index is 0.101. The molecular formula is C21H21N3O4. The van der Waals surface area contributed by atoms with Gasteiger partial charge in [0, 0.05) is 5.69 Å². The number of benzene rings is 2. The quantitative estimate of drug-likeness (QED) is 0.832. The molecule has 0 saturated carbocycles. The molecule has 0 aliphatic carbocycles. The Morgan fingerprint density at radius 3 is 2.36 bits per heavy atom. The Bertz CT molecular complexity index is 887. The van der Waals surface area contributed by atoms with Crippen LogP contribution >= 0.6 is 0 Å². The first kappa shape index (κ1) is 18.1. The lowest BCUT2D eigenvalue weighted by molar-refractivity contribution is -0.0329. The molecule has 7 heteroatoms. The maximum atomic E-state index is 13.1. The van der Waals surface area contributed by atoms with E-state index in [9.17, 15) is 14.7 Å². The van der Waals surface area contributed by atoms with Gasteiger partial charge in [0.15, 0.2) is 6.23 Å². The molecule has 0 radical (unpaired) electrons. The lowest BCUT2D eigenvalue weighted by Gasteiger charge is -2.39. The molecule has 1 fully saturated rings. The lowest BCUT2D eigenvalue weighted by atomic mass is 10.1. The molecule has 2 aliphatic rings. The van der Waals surface area contributed by atoms with Gasteiger partial charge in [-0.05, 0) is 24.6 Å². The maximum Gasteiger partial charge on any atom is 0.429 e. The zero-order chi connectivity index (χ0) is 19.7. The highest BCUT2D eigenvalue weighted by atomic mass is 16.6. The summed E-state index contributed by atoms with van der Waals surface area (Å²) in [5, 5.41) is 13.3. The molecule has 0 bridgehead atoms. The van der Waals surface area contributed by atoms with Crippen LogP contribution in [0, 0.1) is 0 Å². The molecule has 144 valence electrons. The Morgan fingerprint density at radius 1 is 1.04 bits per heavy atom. The molecule has 2 aliphatic heterocycles. The van der Waals surface area contributed by atoms with E-state index in [2.05, 4.69) is 0 Å². The summed E-state index contributed by atoms with van der Waals surface area (Å²) in [6, 6.07) is 16.7. The summed E-state index contributed by atoms with van der Waals surface area (Å²) in [6.45, 7) is 1.89. The van der Waals surface area contributed by atoms with Gasteiger partial charge in [-0.2, -0.15) is 0 Å². The Balaban J connectivity index is 1.57. The van der Waals surface area contributed by atoms with E-state index in [0.717, 1.165) is 5.56 Å². The predicted octanol–water partition coefficient (Wildman–Crippen LogP) is 3.13. The molecule has 4 rings (SSSR count). The van der Waals surface area contributed by atoms with Gasteiger partial charge in [-0.3, -0.25) is 4.90 Å². The summed E-state index contributed by atoms with van der Waals surface area (Å²) < 4.78 is 5.43. The summed E-state index contributed by atoms with van der Waals surface area (Å²) in [7, 11) is 0. The molecule has 2 aromatic carbocycles. The van der Waals surface area contributed by atoms with Gasteiger partial charge < -0.3 is 9.84 Å². The highest BCUT2D eigenvalue weighted by Crippen LogP contribution is 2.33. The van der Waals surface area contributed by atoms with Crippen molar-refractivity contribution in [3.8, 4) is 0 Å². The lowest BCUT2D eigenvalue weighted by Crippen LogP contribution is -2.57. The minimum Gasteiger partial charge on any atom is -0.443 e. The Hall–Kier alpha value is -3.32. The van der Waals surface area contributed by atoms with Crippen molar-refractivity contribution >= 4 is 17.8 Å². The van der Waals surface area contributed by atoms with Crippen molar-refractivity contribution in [2.45, 2.75) is 31.8 Å². The number of aliphatic hydroxyl groups excluding tert-OH is 1. The van der Waals surface area contributed by atoms with E-state index < -0.39 is 24.4 Å². The zero-order valence-electron chi connectivity index (χ0n) is 15.4. The highest BCUT2D eigenvalue weighted by Gasteiger charge is 2.51. The SMILES string of the molecule is CC1C=CC2C(O)N(c3ccccc3)C(=O)N2N1C(=O)OCc1ccccc1. The fourth-order valence-electron chi connectivity index (χ4n) is 3.49. The Labute approximate surface area is 163 Å². The van der Waals surface area contributed by atoms with Crippen LogP contribution in [0.4, 0.5) is 15.3 Å². The van der Waals surface area contributed by atoms with Crippen LogP contribution in [0.5, 0.6) is 0 Å². The largest absolute Gasteiger partial charge is 0.443 e. The number of hydrogen-bond acceptors (Lipinski definition) is 4. The minimum atomic E-state index is -1.11. The first-order valence-corrected chi connectivity index (χ1v) is 9.11. The number of fused-ring (bicyclic) bond motifs is 1.